The largest absolute Gasteiger partial charge is 0.469 e. The van der Waals surface area contributed by atoms with Crippen molar-refractivity contribution in [1.82, 2.24) is 4.98 Å². The van der Waals surface area contributed by atoms with Crippen molar-refractivity contribution in [2.24, 2.45) is 0 Å². The second-order valence-electron chi connectivity index (χ2n) is 2.93. The molecule has 0 fully saturated rings. The maximum Gasteiger partial charge on any atom is 0.310 e. The number of carbonyl (C=O) groups is 1. The van der Waals surface area contributed by atoms with E-state index >= 15 is 0 Å². The van der Waals surface area contributed by atoms with Gasteiger partial charge in [-0.25, -0.2) is 8.78 Å². The molecule has 0 amide bonds. The van der Waals surface area contributed by atoms with Gasteiger partial charge >= 0.3 is 5.97 Å². The van der Waals surface area contributed by atoms with Gasteiger partial charge in [0.1, 0.15) is 6.07 Å². The van der Waals surface area contributed by atoms with Gasteiger partial charge in [-0.05, 0) is 5.56 Å². The Kier molecular flexibility index (Phi) is 3.89. The quantitative estimate of drug-likeness (QED) is 0.734. The molecule has 0 spiro atoms. The van der Waals surface area contributed by atoms with Crippen LogP contribution in [0.5, 0.6) is 0 Å². The number of nitriles is 1. The zero-order chi connectivity index (χ0) is 12.1. The summed E-state index contributed by atoms with van der Waals surface area (Å²) < 4.78 is 29.8. The number of hydrogen-bond donors (Lipinski definition) is 0. The lowest BCUT2D eigenvalue weighted by Gasteiger charge is -2.08. The van der Waals surface area contributed by atoms with Crippen LogP contribution in [0.1, 0.15) is 23.1 Å². The monoisotopic (exact) mass is 226 g/mol. The van der Waals surface area contributed by atoms with E-state index < -0.39 is 18.0 Å². The second kappa shape index (κ2) is 5.16. The summed E-state index contributed by atoms with van der Waals surface area (Å²) in [5.41, 5.74) is -0.666. The van der Waals surface area contributed by atoms with Gasteiger partial charge in [-0.15, -0.1) is 0 Å². The number of pyridine rings is 1. The first-order valence-electron chi connectivity index (χ1n) is 4.32. The Bertz CT molecular complexity index is 441. The lowest BCUT2D eigenvalue weighted by atomic mass is 10.0. The molecule has 0 atom stereocenters. The standard InChI is InChI=1S/C10H8F2N2O2/c1-16-8(15)2-6-4-14-5-7(3-13)9(6)10(11)12/h4-5,10H,2H2,1H3. The molecule has 0 aliphatic heterocycles. The Morgan fingerprint density at radius 3 is 2.81 bits per heavy atom. The number of carbonyl (C=O) groups excluding carboxylic acids is 1. The predicted octanol–water partition coefficient (Wildman–Crippen LogP) is 1.61. The number of esters is 1. The highest BCUT2D eigenvalue weighted by Crippen LogP contribution is 2.26. The molecule has 1 aromatic heterocycles. The molecule has 0 saturated heterocycles. The summed E-state index contributed by atoms with van der Waals surface area (Å²) in [5, 5.41) is 8.64. The first kappa shape index (κ1) is 12.0. The molecule has 0 unspecified atom stereocenters. The molecule has 0 N–H and O–H groups in total. The van der Waals surface area contributed by atoms with E-state index in [1.54, 1.807) is 6.07 Å². The summed E-state index contributed by atoms with van der Waals surface area (Å²) in [6, 6.07) is 1.61. The third kappa shape index (κ3) is 2.51. The van der Waals surface area contributed by atoms with E-state index in [9.17, 15) is 13.6 Å². The van der Waals surface area contributed by atoms with Crippen molar-refractivity contribution >= 4 is 5.97 Å². The van der Waals surface area contributed by atoms with E-state index in [-0.39, 0.29) is 17.5 Å². The smallest absolute Gasteiger partial charge is 0.310 e. The fourth-order valence-corrected chi connectivity index (χ4v) is 1.23. The molecular formula is C10H8F2N2O2. The van der Waals surface area contributed by atoms with Crippen molar-refractivity contribution < 1.29 is 18.3 Å². The summed E-state index contributed by atoms with van der Waals surface area (Å²) in [4.78, 5) is 14.6. The Balaban J connectivity index is 3.18. The highest BCUT2D eigenvalue weighted by atomic mass is 19.3. The van der Waals surface area contributed by atoms with E-state index in [0.717, 1.165) is 19.5 Å². The Morgan fingerprint density at radius 1 is 1.62 bits per heavy atom. The minimum Gasteiger partial charge on any atom is -0.469 e. The minimum absolute atomic E-state index is 0.0147. The van der Waals surface area contributed by atoms with Crippen molar-refractivity contribution in [3.05, 3.63) is 29.1 Å². The van der Waals surface area contributed by atoms with Crippen LogP contribution in [0.3, 0.4) is 0 Å². The molecule has 1 heterocycles. The fraction of sp³-hybridized carbons (Fsp3) is 0.300. The molecule has 0 aromatic carbocycles. The molecule has 4 nitrogen and oxygen atoms in total. The number of ether oxygens (including phenoxy) is 1. The van der Waals surface area contributed by atoms with Gasteiger partial charge < -0.3 is 4.74 Å². The van der Waals surface area contributed by atoms with Crippen LogP contribution in [0.15, 0.2) is 12.4 Å². The van der Waals surface area contributed by atoms with E-state index in [4.69, 9.17) is 5.26 Å². The van der Waals surface area contributed by atoms with Crippen LogP contribution in [0.2, 0.25) is 0 Å². The first-order valence-corrected chi connectivity index (χ1v) is 4.32. The zero-order valence-electron chi connectivity index (χ0n) is 8.41. The molecule has 6 heteroatoms. The summed E-state index contributed by atoms with van der Waals surface area (Å²) in [7, 11) is 1.16. The Hall–Kier alpha value is -2.03. The van der Waals surface area contributed by atoms with Gasteiger partial charge in [0.25, 0.3) is 6.43 Å². The van der Waals surface area contributed by atoms with Crippen LogP contribution in [-0.2, 0) is 16.0 Å². The zero-order valence-corrected chi connectivity index (χ0v) is 8.41. The molecule has 84 valence electrons. The maximum atomic E-state index is 12.7. The van der Waals surface area contributed by atoms with Crippen molar-refractivity contribution in [2.75, 3.05) is 7.11 Å². The maximum absolute atomic E-state index is 12.7. The lowest BCUT2D eigenvalue weighted by Crippen LogP contribution is -2.09. The molecule has 1 aromatic rings. The van der Waals surface area contributed by atoms with Crippen molar-refractivity contribution in [3.8, 4) is 6.07 Å². The number of rotatable bonds is 3. The molecule has 0 bridgehead atoms. The van der Waals surface area contributed by atoms with Crippen LogP contribution in [0.4, 0.5) is 8.78 Å². The van der Waals surface area contributed by atoms with Crippen LogP contribution in [0, 0.1) is 11.3 Å². The van der Waals surface area contributed by atoms with Gasteiger partial charge in [0.05, 0.1) is 19.1 Å². The highest BCUT2D eigenvalue weighted by molar-refractivity contribution is 5.73. The lowest BCUT2D eigenvalue weighted by molar-refractivity contribution is -0.139. The molecule has 0 radical (unpaired) electrons. The van der Waals surface area contributed by atoms with Gasteiger partial charge in [-0.1, -0.05) is 0 Å². The van der Waals surface area contributed by atoms with Gasteiger partial charge in [0, 0.05) is 18.0 Å². The number of methoxy groups -OCH3 is 1. The third-order valence-electron chi connectivity index (χ3n) is 1.97. The van der Waals surface area contributed by atoms with Crippen molar-refractivity contribution in [2.45, 2.75) is 12.8 Å². The van der Waals surface area contributed by atoms with E-state index in [1.807, 2.05) is 0 Å². The second-order valence-corrected chi connectivity index (χ2v) is 2.93. The predicted molar refractivity (Wildman–Crippen MR) is 49.6 cm³/mol. The molecule has 0 saturated carbocycles. The number of hydrogen-bond acceptors (Lipinski definition) is 4. The van der Waals surface area contributed by atoms with E-state index in [0.29, 0.717) is 0 Å². The molecule has 0 aliphatic carbocycles. The van der Waals surface area contributed by atoms with Crippen molar-refractivity contribution in [3.63, 3.8) is 0 Å². The van der Waals surface area contributed by atoms with Crippen LogP contribution in [-0.4, -0.2) is 18.1 Å². The minimum atomic E-state index is -2.82. The van der Waals surface area contributed by atoms with Crippen molar-refractivity contribution in [1.29, 1.82) is 5.26 Å². The molecular weight excluding hydrogens is 218 g/mol. The van der Waals surface area contributed by atoms with E-state index in [1.165, 1.54) is 0 Å². The van der Waals surface area contributed by atoms with Gasteiger partial charge in [0.2, 0.25) is 0 Å². The van der Waals surface area contributed by atoms with E-state index in [2.05, 4.69) is 9.72 Å². The number of aromatic nitrogens is 1. The van der Waals surface area contributed by atoms with Crippen LogP contribution < -0.4 is 0 Å². The van der Waals surface area contributed by atoms with Crippen LogP contribution >= 0.6 is 0 Å². The molecule has 0 aliphatic rings. The summed E-state index contributed by atoms with van der Waals surface area (Å²) in [5.74, 6) is -0.654. The third-order valence-corrected chi connectivity index (χ3v) is 1.97. The summed E-state index contributed by atoms with van der Waals surface area (Å²) in [6.45, 7) is 0. The number of alkyl halides is 2. The highest BCUT2D eigenvalue weighted by Gasteiger charge is 2.20. The topological polar surface area (TPSA) is 63.0 Å². The number of halogens is 2. The average molecular weight is 226 g/mol. The molecule has 16 heavy (non-hydrogen) atoms. The Labute approximate surface area is 90.5 Å². The summed E-state index contributed by atoms with van der Waals surface area (Å²) >= 11 is 0. The van der Waals surface area contributed by atoms with Gasteiger partial charge in [-0.3, -0.25) is 9.78 Å². The van der Waals surface area contributed by atoms with Gasteiger partial charge in [-0.2, -0.15) is 5.26 Å². The number of nitrogens with zero attached hydrogens (tertiary/aromatic N) is 2. The van der Waals surface area contributed by atoms with Gasteiger partial charge in [0.15, 0.2) is 0 Å². The SMILES string of the molecule is COC(=O)Cc1cncc(C#N)c1C(F)F. The fourth-order valence-electron chi connectivity index (χ4n) is 1.23. The summed E-state index contributed by atoms with van der Waals surface area (Å²) in [6.07, 6.45) is -0.961. The first-order chi connectivity index (χ1) is 7.60. The normalized spacial score (nSPS) is 9.94. The Morgan fingerprint density at radius 2 is 2.31 bits per heavy atom. The molecule has 1 rings (SSSR count). The van der Waals surface area contributed by atoms with Crippen LogP contribution in [0.25, 0.3) is 0 Å². The average Bonchev–Trinajstić information content (AvgIpc) is 2.28.